The van der Waals surface area contributed by atoms with Crippen molar-refractivity contribution >= 4 is 5.82 Å². The van der Waals surface area contributed by atoms with E-state index in [1.54, 1.807) is 6.33 Å². The molecule has 0 amide bonds. The molecule has 1 N–H and O–H groups in total. The highest BCUT2D eigenvalue weighted by molar-refractivity contribution is 5.51. The first kappa shape index (κ1) is 15.3. The molecule has 1 aromatic carbocycles. The van der Waals surface area contributed by atoms with Crippen LogP contribution in [0.5, 0.6) is 5.75 Å². The summed E-state index contributed by atoms with van der Waals surface area (Å²) < 4.78 is 8.14. The third-order valence-corrected chi connectivity index (χ3v) is 5.09. The van der Waals surface area contributed by atoms with Crippen LogP contribution in [0.2, 0.25) is 0 Å². The molecule has 7 heteroatoms. The molecule has 3 aromatic rings. The van der Waals surface area contributed by atoms with E-state index in [9.17, 15) is 0 Å². The fourth-order valence-corrected chi connectivity index (χ4v) is 3.70. The van der Waals surface area contributed by atoms with Gasteiger partial charge >= 0.3 is 0 Å². The second kappa shape index (κ2) is 6.40. The lowest BCUT2D eigenvalue weighted by atomic mass is 10.0. The summed E-state index contributed by atoms with van der Waals surface area (Å²) in [5.74, 6) is 3.83. The van der Waals surface area contributed by atoms with Crippen molar-refractivity contribution in [1.29, 1.82) is 0 Å². The molecule has 0 atom stereocenters. The number of ether oxygens (including phenoxy) is 1. The molecule has 2 aromatic heterocycles. The molecule has 0 aliphatic carbocycles. The molecule has 26 heavy (non-hydrogen) atoms. The van der Waals surface area contributed by atoms with Crippen molar-refractivity contribution in [3.8, 4) is 5.75 Å². The van der Waals surface area contributed by atoms with Gasteiger partial charge in [0, 0.05) is 24.9 Å². The third kappa shape index (κ3) is 2.69. The van der Waals surface area contributed by atoms with Gasteiger partial charge in [-0.15, -0.1) is 10.2 Å². The van der Waals surface area contributed by atoms with Crippen LogP contribution < -0.4 is 10.1 Å². The first-order chi connectivity index (χ1) is 12.9. The number of fused-ring (bicyclic) bond motifs is 3. The first-order valence-corrected chi connectivity index (χ1v) is 9.07. The summed E-state index contributed by atoms with van der Waals surface area (Å²) in [6, 6.07) is 8.13. The summed E-state index contributed by atoms with van der Waals surface area (Å²) in [6.07, 6.45) is 5.76. The minimum Gasteiger partial charge on any atom is -0.487 e. The Bertz CT molecular complexity index is 951. The third-order valence-electron chi connectivity index (χ3n) is 5.09. The highest BCUT2D eigenvalue weighted by atomic mass is 16.5. The fraction of sp³-hybridized carbons (Fsp3) is 0.368. The fourth-order valence-electron chi connectivity index (χ4n) is 3.70. The van der Waals surface area contributed by atoms with Gasteiger partial charge in [-0.25, -0.2) is 9.97 Å². The van der Waals surface area contributed by atoms with Crippen LogP contribution >= 0.6 is 0 Å². The molecular formula is C19H20N6O. The van der Waals surface area contributed by atoms with Gasteiger partial charge < -0.3 is 14.6 Å². The largest absolute Gasteiger partial charge is 0.487 e. The number of para-hydroxylation sites is 1. The van der Waals surface area contributed by atoms with Crippen molar-refractivity contribution in [3.05, 3.63) is 59.1 Å². The second-order valence-corrected chi connectivity index (χ2v) is 6.72. The molecule has 4 heterocycles. The van der Waals surface area contributed by atoms with Crippen LogP contribution in [0.25, 0.3) is 0 Å². The molecule has 2 aliphatic rings. The van der Waals surface area contributed by atoms with Crippen LogP contribution in [0.1, 0.15) is 41.3 Å². The molecule has 0 unspecified atom stereocenters. The number of aromatic nitrogens is 5. The van der Waals surface area contributed by atoms with Gasteiger partial charge in [-0.1, -0.05) is 18.2 Å². The van der Waals surface area contributed by atoms with Crippen LogP contribution in [-0.2, 0) is 32.5 Å². The van der Waals surface area contributed by atoms with E-state index in [1.807, 2.05) is 18.2 Å². The number of benzene rings is 1. The number of anilines is 1. The van der Waals surface area contributed by atoms with E-state index in [0.29, 0.717) is 13.2 Å². The number of aryl methyl sites for hydroxylation is 1. The molecule has 0 bridgehead atoms. The number of nitrogens with one attached hydrogen (secondary N) is 1. The Morgan fingerprint density at radius 1 is 1.12 bits per heavy atom. The minimum atomic E-state index is 0.462. The first-order valence-electron chi connectivity index (χ1n) is 9.07. The van der Waals surface area contributed by atoms with Crippen molar-refractivity contribution in [2.75, 3.05) is 5.32 Å². The molecule has 2 aliphatic heterocycles. The molecule has 0 fully saturated rings. The standard InChI is InChI=1S/C19H20N6O/c1-2-6-16-13(5-1)9-14-15(11-26-16)21-12-22-19(14)20-10-18-24-23-17-7-3-4-8-25(17)18/h1-2,5-6,12H,3-4,7-11H2,(H,20,21,22). The van der Waals surface area contributed by atoms with Crippen molar-refractivity contribution in [2.24, 2.45) is 0 Å². The highest BCUT2D eigenvalue weighted by Crippen LogP contribution is 2.30. The lowest BCUT2D eigenvalue weighted by Gasteiger charge is -2.16. The van der Waals surface area contributed by atoms with E-state index in [1.165, 1.54) is 12.8 Å². The van der Waals surface area contributed by atoms with Crippen LogP contribution in [0, 0.1) is 0 Å². The Morgan fingerprint density at radius 3 is 3.08 bits per heavy atom. The summed E-state index contributed by atoms with van der Waals surface area (Å²) in [6.45, 7) is 2.07. The van der Waals surface area contributed by atoms with Crippen LogP contribution in [-0.4, -0.2) is 24.7 Å². The average Bonchev–Trinajstić information content (AvgIpc) is 2.99. The number of rotatable bonds is 3. The summed E-state index contributed by atoms with van der Waals surface area (Å²) in [4.78, 5) is 8.91. The van der Waals surface area contributed by atoms with Crippen molar-refractivity contribution in [2.45, 2.75) is 45.4 Å². The van der Waals surface area contributed by atoms with E-state index >= 15 is 0 Å². The van der Waals surface area contributed by atoms with Crippen molar-refractivity contribution in [3.63, 3.8) is 0 Å². The Labute approximate surface area is 151 Å². The Morgan fingerprint density at radius 2 is 2.08 bits per heavy atom. The van der Waals surface area contributed by atoms with E-state index in [0.717, 1.165) is 59.4 Å². The second-order valence-electron chi connectivity index (χ2n) is 6.72. The molecule has 5 rings (SSSR count). The Hall–Kier alpha value is -2.96. The SMILES string of the molecule is c1ccc2c(c1)Cc1c(ncnc1NCc1nnc3n1CCCC3)CO2. The van der Waals surface area contributed by atoms with Gasteiger partial charge in [0.15, 0.2) is 5.82 Å². The zero-order chi connectivity index (χ0) is 17.3. The molecule has 0 radical (unpaired) electrons. The zero-order valence-corrected chi connectivity index (χ0v) is 14.5. The van der Waals surface area contributed by atoms with E-state index in [4.69, 9.17) is 4.74 Å². The van der Waals surface area contributed by atoms with E-state index in [2.05, 4.69) is 36.1 Å². The summed E-state index contributed by atoms with van der Waals surface area (Å²) in [5.41, 5.74) is 3.18. The van der Waals surface area contributed by atoms with Gasteiger partial charge in [0.2, 0.25) is 0 Å². The molecule has 132 valence electrons. The Kier molecular flexibility index (Phi) is 3.77. The maximum atomic E-state index is 5.91. The highest BCUT2D eigenvalue weighted by Gasteiger charge is 2.20. The molecule has 0 saturated heterocycles. The summed E-state index contributed by atoms with van der Waals surface area (Å²) in [5, 5.41) is 12.1. The maximum absolute atomic E-state index is 5.91. The van der Waals surface area contributed by atoms with Gasteiger partial charge in [-0.05, 0) is 24.5 Å². The van der Waals surface area contributed by atoms with Gasteiger partial charge in [0.05, 0.1) is 12.2 Å². The summed E-state index contributed by atoms with van der Waals surface area (Å²) in [7, 11) is 0. The molecule has 0 saturated carbocycles. The van der Waals surface area contributed by atoms with Crippen molar-refractivity contribution in [1.82, 2.24) is 24.7 Å². The Balaban J connectivity index is 1.42. The zero-order valence-electron chi connectivity index (χ0n) is 14.5. The average molecular weight is 348 g/mol. The minimum absolute atomic E-state index is 0.462. The summed E-state index contributed by atoms with van der Waals surface area (Å²) >= 11 is 0. The molecule has 0 spiro atoms. The monoisotopic (exact) mass is 348 g/mol. The van der Waals surface area contributed by atoms with Gasteiger partial charge in [0.25, 0.3) is 0 Å². The van der Waals surface area contributed by atoms with Gasteiger partial charge in [0.1, 0.15) is 30.3 Å². The van der Waals surface area contributed by atoms with Crippen molar-refractivity contribution < 1.29 is 4.74 Å². The normalized spacial score (nSPS) is 15.2. The van der Waals surface area contributed by atoms with Crippen LogP contribution in [0.3, 0.4) is 0 Å². The molecule has 7 nitrogen and oxygen atoms in total. The number of nitrogens with zero attached hydrogens (tertiary/aromatic N) is 5. The molecular weight excluding hydrogens is 328 g/mol. The lowest BCUT2D eigenvalue weighted by Crippen LogP contribution is -2.16. The van der Waals surface area contributed by atoms with Gasteiger partial charge in [-0.2, -0.15) is 0 Å². The quantitative estimate of drug-likeness (QED) is 0.784. The lowest BCUT2D eigenvalue weighted by molar-refractivity contribution is 0.302. The van der Waals surface area contributed by atoms with Gasteiger partial charge in [-0.3, -0.25) is 0 Å². The smallest absolute Gasteiger partial charge is 0.152 e. The predicted octanol–water partition coefficient (Wildman–Crippen LogP) is 2.50. The predicted molar refractivity (Wildman–Crippen MR) is 95.9 cm³/mol. The number of hydrogen-bond donors (Lipinski definition) is 1. The topological polar surface area (TPSA) is 77.8 Å². The van der Waals surface area contributed by atoms with E-state index < -0.39 is 0 Å². The number of hydrogen-bond acceptors (Lipinski definition) is 6. The van der Waals surface area contributed by atoms with E-state index in [-0.39, 0.29) is 0 Å². The van der Waals surface area contributed by atoms with Crippen LogP contribution in [0.15, 0.2) is 30.6 Å². The van der Waals surface area contributed by atoms with Crippen LogP contribution in [0.4, 0.5) is 5.82 Å². The maximum Gasteiger partial charge on any atom is 0.152 e.